The Labute approximate surface area is 126 Å². The number of cyclic esters (lactones) is 1. The quantitative estimate of drug-likeness (QED) is 0.839. The van der Waals surface area contributed by atoms with Crippen LogP contribution in [0.5, 0.6) is 0 Å². The number of benzene rings is 1. The first-order chi connectivity index (χ1) is 10.7. The molecule has 0 atom stereocenters. The average Bonchev–Trinajstić information content (AvgIpc) is 3.16. The molecule has 0 saturated carbocycles. The van der Waals surface area contributed by atoms with Gasteiger partial charge in [-0.05, 0) is 0 Å². The number of H-pyrrole nitrogens is 1. The van der Waals surface area contributed by atoms with Crippen LogP contribution in [0.2, 0.25) is 0 Å². The maximum absolute atomic E-state index is 11.8. The van der Waals surface area contributed by atoms with Gasteiger partial charge in [0, 0.05) is 5.56 Å². The first-order valence-electron chi connectivity index (χ1n) is 6.87. The van der Waals surface area contributed by atoms with Gasteiger partial charge in [0.05, 0.1) is 13.1 Å². The molecular weight excluding hydrogens is 286 g/mol. The Balaban J connectivity index is 1.52. The Hall–Kier alpha value is -2.90. The third kappa shape index (κ3) is 3.22. The maximum Gasteiger partial charge on any atom is 0.410 e. The lowest BCUT2D eigenvalue weighted by molar-refractivity contribution is -0.121. The van der Waals surface area contributed by atoms with Crippen LogP contribution in [-0.2, 0) is 16.1 Å². The highest BCUT2D eigenvalue weighted by Crippen LogP contribution is 2.13. The van der Waals surface area contributed by atoms with E-state index < -0.39 is 6.09 Å². The Bertz CT molecular complexity index is 670. The van der Waals surface area contributed by atoms with E-state index in [1.54, 1.807) is 0 Å². The van der Waals surface area contributed by atoms with E-state index >= 15 is 0 Å². The lowest BCUT2D eigenvalue weighted by Gasteiger charge is -2.11. The molecule has 8 nitrogen and oxygen atoms in total. The van der Waals surface area contributed by atoms with E-state index in [0.717, 1.165) is 5.56 Å². The van der Waals surface area contributed by atoms with E-state index in [9.17, 15) is 9.59 Å². The lowest BCUT2D eigenvalue weighted by Crippen LogP contribution is -2.37. The molecular formula is C14H15N5O3. The van der Waals surface area contributed by atoms with Crippen molar-refractivity contribution in [2.45, 2.75) is 6.54 Å². The van der Waals surface area contributed by atoms with Gasteiger partial charge in [0.25, 0.3) is 0 Å². The molecule has 0 unspecified atom stereocenters. The Morgan fingerprint density at radius 3 is 2.91 bits per heavy atom. The number of aromatic amines is 1. The number of nitrogens with zero attached hydrogens (tertiary/aromatic N) is 3. The number of rotatable bonds is 5. The second-order valence-electron chi connectivity index (χ2n) is 4.78. The summed E-state index contributed by atoms with van der Waals surface area (Å²) in [4.78, 5) is 28.7. The zero-order valence-corrected chi connectivity index (χ0v) is 11.8. The third-order valence-electron chi connectivity index (χ3n) is 3.20. The number of hydrogen-bond donors (Lipinski definition) is 2. The van der Waals surface area contributed by atoms with Gasteiger partial charge in [-0.15, -0.1) is 0 Å². The minimum atomic E-state index is -0.457. The van der Waals surface area contributed by atoms with Crippen molar-refractivity contribution < 1.29 is 14.3 Å². The van der Waals surface area contributed by atoms with E-state index in [1.807, 2.05) is 30.3 Å². The Morgan fingerprint density at radius 2 is 2.18 bits per heavy atom. The van der Waals surface area contributed by atoms with Crippen LogP contribution in [0.25, 0.3) is 11.4 Å². The standard InChI is InChI=1S/C14H15N5O3/c20-12(9-19-6-7-22-14(19)21)15-8-11-16-13(18-17-11)10-4-2-1-3-5-10/h1-5H,6-9H2,(H,15,20)(H,16,17,18). The fourth-order valence-electron chi connectivity index (χ4n) is 2.07. The number of nitrogens with one attached hydrogen (secondary N) is 2. The Morgan fingerprint density at radius 1 is 1.36 bits per heavy atom. The van der Waals surface area contributed by atoms with Crippen molar-refractivity contribution in [1.29, 1.82) is 0 Å². The van der Waals surface area contributed by atoms with Gasteiger partial charge in [-0.2, -0.15) is 5.10 Å². The molecule has 1 aromatic carbocycles. The summed E-state index contributed by atoms with van der Waals surface area (Å²) in [5.74, 6) is 0.862. The molecule has 0 aliphatic carbocycles. The Kier molecular flexibility index (Phi) is 3.99. The summed E-state index contributed by atoms with van der Waals surface area (Å²) in [6, 6.07) is 9.54. The fraction of sp³-hybridized carbons (Fsp3) is 0.286. The highest BCUT2D eigenvalue weighted by atomic mass is 16.6. The van der Waals surface area contributed by atoms with E-state index in [2.05, 4.69) is 20.5 Å². The summed E-state index contributed by atoms with van der Waals surface area (Å²) in [6.45, 7) is 0.974. The summed E-state index contributed by atoms with van der Waals surface area (Å²) >= 11 is 0. The van der Waals surface area contributed by atoms with Crippen LogP contribution in [0.4, 0.5) is 4.79 Å². The number of carbonyl (C=O) groups is 2. The molecule has 1 aliphatic heterocycles. The number of carbonyl (C=O) groups excluding carboxylic acids is 2. The second kappa shape index (κ2) is 6.25. The van der Waals surface area contributed by atoms with E-state index in [1.165, 1.54) is 4.90 Å². The van der Waals surface area contributed by atoms with Crippen LogP contribution < -0.4 is 5.32 Å². The predicted octanol–water partition coefficient (Wildman–Crippen LogP) is 0.540. The first-order valence-corrected chi connectivity index (χ1v) is 6.87. The molecule has 2 amide bonds. The van der Waals surface area contributed by atoms with Crippen LogP contribution in [-0.4, -0.2) is 51.8 Å². The average molecular weight is 301 g/mol. The minimum Gasteiger partial charge on any atom is -0.448 e. The van der Waals surface area contributed by atoms with Crippen molar-refractivity contribution in [2.75, 3.05) is 19.7 Å². The molecule has 0 bridgehead atoms. The van der Waals surface area contributed by atoms with Gasteiger partial charge >= 0.3 is 6.09 Å². The molecule has 1 aromatic heterocycles. The van der Waals surface area contributed by atoms with Crippen molar-refractivity contribution in [3.63, 3.8) is 0 Å². The first kappa shape index (κ1) is 14.1. The van der Waals surface area contributed by atoms with E-state index in [4.69, 9.17) is 4.74 Å². The van der Waals surface area contributed by atoms with Gasteiger partial charge in [-0.3, -0.25) is 14.8 Å². The zero-order valence-electron chi connectivity index (χ0n) is 11.8. The molecule has 0 radical (unpaired) electrons. The second-order valence-corrected chi connectivity index (χ2v) is 4.78. The molecule has 1 saturated heterocycles. The predicted molar refractivity (Wildman–Crippen MR) is 76.6 cm³/mol. The van der Waals surface area contributed by atoms with Gasteiger partial charge in [0.1, 0.15) is 19.0 Å². The molecule has 114 valence electrons. The van der Waals surface area contributed by atoms with Crippen LogP contribution in [0.1, 0.15) is 5.82 Å². The number of aromatic nitrogens is 3. The van der Waals surface area contributed by atoms with E-state index in [-0.39, 0.29) is 19.0 Å². The molecule has 0 spiro atoms. The molecule has 22 heavy (non-hydrogen) atoms. The van der Waals surface area contributed by atoms with Gasteiger partial charge in [0.2, 0.25) is 5.91 Å². The van der Waals surface area contributed by atoms with Crippen LogP contribution >= 0.6 is 0 Å². The highest BCUT2D eigenvalue weighted by Gasteiger charge is 2.23. The fourth-order valence-corrected chi connectivity index (χ4v) is 2.07. The maximum atomic E-state index is 11.8. The monoisotopic (exact) mass is 301 g/mol. The van der Waals surface area contributed by atoms with Crippen molar-refractivity contribution in [3.05, 3.63) is 36.2 Å². The van der Waals surface area contributed by atoms with Gasteiger partial charge in [-0.1, -0.05) is 30.3 Å². The molecule has 3 rings (SSSR count). The van der Waals surface area contributed by atoms with Crippen molar-refractivity contribution >= 4 is 12.0 Å². The van der Waals surface area contributed by atoms with Crippen molar-refractivity contribution in [3.8, 4) is 11.4 Å². The molecule has 2 aromatic rings. The number of ether oxygens (including phenoxy) is 1. The van der Waals surface area contributed by atoms with Gasteiger partial charge in [-0.25, -0.2) is 9.78 Å². The normalized spacial score (nSPS) is 14.0. The molecule has 2 heterocycles. The van der Waals surface area contributed by atoms with Gasteiger partial charge in [0.15, 0.2) is 5.82 Å². The SMILES string of the molecule is O=C(CN1CCOC1=O)NCc1nc(-c2ccccc2)n[nH]1. The van der Waals surface area contributed by atoms with Crippen LogP contribution in [0.3, 0.4) is 0 Å². The van der Waals surface area contributed by atoms with Crippen LogP contribution in [0, 0.1) is 0 Å². The third-order valence-corrected chi connectivity index (χ3v) is 3.20. The number of hydrogen-bond acceptors (Lipinski definition) is 5. The molecule has 1 fully saturated rings. The minimum absolute atomic E-state index is 0.0154. The summed E-state index contributed by atoms with van der Waals surface area (Å²) in [5, 5.41) is 9.58. The highest BCUT2D eigenvalue weighted by molar-refractivity contribution is 5.82. The molecule has 8 heteroatoms. The topological polar surface area (TPSA) is 100 Å². The summed E-state index contributed by atoms with van der Waals surface area (Å²) < 4.78 is 4.76. The summed E-state index contributed by atoms with van der Waals surface area (Å²) in [5.41, 5.74) is 0.899. The lowest BCUT2D eigenvalue weighted by atomic mass is 10.2. The van der Waals surface area contributed by atoms with Crippen LogP contribution in [0.15, 0.2) is 30.3 Å². The zero-order chi connectivity index (χ0) is 15.4. The summed E-state index contributed by atoms with van der Waals surface area (Å²) in [7, 11) is 0. The summed E-state index contributed by atoms with van der Waals surface area (Å²) in [6.07, 6.45) is -0.457. The van der Waals surface area contributed by atoms with Crippen molar-refractivity contribution in [2.24, 2.45) is 0 Å². The molecule has 2 N–H and O–H groups in total. The molecule has 1 aliphatic rings. The number of amides is 2. The smallest absolute Gasteiger partial charge is 0.410 e. The van der Waals surface area contributed by atoms with E-state index in [0.29, 0.717) is 24.8 Å². The van der Waals surface area contributed by atoms with Crippen molar-refractivity contribution in [1.82, 2.24) is 25.4 Å². The largest absolute Gasteiger partial charge is 0.448 e. The van der Waals surface area contributed by atoms with Gasteiger partial charge < -0.3 is 10.1 Å².